The maximum atomic E-state index is 12.3. The lowest BCUT2D eigenvalue weighted by Crippen LogP contribution is -2.25. The van der Waals surface area contributed by atoms with Crippen molar-refractivity contribution in [2.24, 2.45) is 0 Å². The average molecular weight is 359 g/mol. The number of fused-ring (bicyclic) bond motifs is 1. The van der Waals surface area contributed by atoms with Crippen LogP contribution in [0.4, 0.5) is 0 Å². The molecule has 3 rings (SSSR count). The van der Waals surface area contributed by atoms with Gasteiger partial charge in [0.05, 0.1) is 4.90 Å². The molecule has 0 fully saturated rings. The number of benzene rings is 1. The summed E-state index contributed by atoms with van der Waals surface area (Å²) in [4.78, 5) is 8.48. The molecule has 3 aromatic rings. The summed E-state index contributed by atoms with van der Waals surface area (Å²) in [6.45, 7) is 2.47. The van der Waals surface area contributed by atoms with Crippen LogP contribution in [0.1, 0.15) is 30.9 Å². The Morgan fingerprint density at radius 1 is 1.08 bits per heavy atom. The van der Waals surface area contributed by atoms with Gasteiger partial charge in [0.15, 0.2) is 0 Å². The number of rotatable bonds is 8. The van der Waals surface area contributed by atoms with Crippen molar-refractivity contribution in [3.63, 3.8) is 0 Å². The van der Waals surface area contributed by atoms with E-state index in [1.54, 1.807) is 22.8 Å². The molecule has 0 aliphatic heterocycles. The third kappa shape index (κ3) is 4.40. The second-order valence-corrected chi connectivity index (χ2v) is 7.63. The molecule has 0 amide bonds. The van der Waals surface area contributed by atoms with Gasteiger partial charge < -0.3 is 0 Å². The zero-order valence-corrected chi connectivity index (χ0v) is 14.9. The van der Waals surface area contributed by atoms with E-state index in [2.05, 4.69) is 26.7 Å². The van der Waals surface area contributed by atoms with Crippen molar-refractivity contribution in [2.45, 2.75) is 37.5 Å². The predicted octanol–water partition coefficient (Wildman–Crippen LogP) is 1.99. The van der Waals surface area contributed by atoms with Crippen molar-refractivity contribution >= 4 is 15.8 Å². The molecule has 2 heterocycles. The summed E-state index contributed by atoms with van der Waals surface area (Å²) in [6.07, 6.45) is 8.43. The van der Waals surface area contributed by atoms with E-state index in [0.29, 0.717) is 30.1 Å². The smallest absolute Gasteiger partial charge is 0.219 e. The molecule has 0 radical (unpaired) electrons. The Hall–Kier alpha value is -2.32. The minimum Gasteiger partial charge on any atom is -0.219 e. The first-order valence-corrected chi connectivity index (χ1v) is 9.79. The largest absolute Gasteiger partial charge is 0.252 e. The topological polar surface area (TPSA) is 89.2 Å². The highest BCUT2D eigenvalue weighted by Gasteiger charge is 2.13. The normalized spacial score (nSPS) is 11.9. The Bertz CT molecular complexity index is 935. The summed E-state index contributed by atoms with van der Waals surface area (Å²) < 4.78 is 28.9. The molecule has 0 aliphatic carbocycles. The molecule has 0 bridgehead atoms. The Kier molecular flexibility index (Phi) is 5.40. The third-order valence-electron chi connectivity index (χ3n) is 3.89. The lowest BCUT2D eigenvalue weighted by atomic mass is 10.1. The molecule has 1 aromatic carbocycles. The summed E-state index contributed by atoms with van der Waals surface area (Å²) in [6, 6.07) is 7.07. The molecule has 0 aliphatic rings. The van der Waals surface area contributed by atoms with Gasteiger partial charge in [-0.05, 0) is 42.5 Å². The molecule has 8 heteroatoms. The lowest BCUT2D eigenvalue weighted by Gasteiger charge is -2.08. The van der Waals surface area contributed by atoms with Gasteiger partial charge in [0.25, 0.3) is 5.78 Å². The summed E-state index contributed by atoms with van der Waals surface area (Å²) >= 11 is 0. The van der Waals surface area contributed by atoms with E-state index in [4.69, 9.17) is 0 Å². The van der Waals surface area contributed by atoms with Crippen LogP contribution >= 0.6 is 0 Å². The van der Waals surface area contributed by atoms with E-state index in [1.807, 2.05) is 18.3 Å². The van der Waals surface area contributed by atoms with Gasteiger partial charge in [-0.25, -0.2) is 22.6 Å². The Morgan fingerprint density at radius 3 is 2.64 bits per heavy atom. The van der Waals surface area contributed by atoms with Crippen LogP contribution in [0.5, 0.6) is 0 Å². The van der Waals surface area contributed by atoms with Crippen molar-refractivity contribution in [1.29, 1.82) is 0 Å². The van der Waals surface area contributed by atoms with E-state index < -0.39 is 10.0 Å². The SMILES string of the molecule is CCCc1ccc(S(=O)(=O)NCCCc2cnc3ncnn3c2)cc1. The first-order chi connectivity index (χ1) is 12.1. The Balaban J connectivity index is 1.53. The fourth-order valence-corrected chi connectivity index (χ4v) is 3.67. The second kappa shape index (κ2) is 7.71. The monoisotopic (exact) mass is 359 g/mol. The van der Waals surface area contributed by atoms with Crippen LogP contribution < -0.4 is 4.72 Å². The van der Waals surface area contributed by atoms with Gasteiger partial charge in [0.2, 0.25) is 10.0 Å². The maximum Gasteiger partial charge on any atom is 0.252 e. The molecule has 0 spiro atoms. The molecule has 0 saturated carbocycles. The van der Waals surface area contributed by atoms with Crippen LogP contribution in [-0.4, -0.2) is 34.5 Å². The molecule has 1 N–H and O–H groups in total. The number of hydrogen-bond acceptors (Lipinski definition) is 5. The molecule has 132 valence electrons. The van der Waals surface area contributed by atoms with Crippen molar-refractivity contribution in [2.75, 3.05) is 6.54 Å². The number of nitrogens with one attached hydrogen (secondary N) is 1. The van der Waals surface area contributed by atoms with Crippen molar-refractivity contribution in [3.8, 4) is 0 Å². The molecule has 2 aromatic heterocycles. The minimum absolute atomic E-state index is 0.304. The van der Waals surface area contributed by atoms with Crippen LogP contribution in [0.15, 0.2) is 47.9 Å². The van der Waals surface area contributed by atoms with E-state index in [0.717, 1.165) is 24.0 Å². The number of hydrogen-bond donors (Lipinski definition) is 1. The van der Waals surface area contributed by atoms with Gasteiger partial charge in [0.1, 0.15) is 6.33 Å². The summed E-state index contributed by atoms with van der Waals surface area (Å²) in [5.74, 6) is 0.552. The van der Waals surface area contributed by atoms with Crippen LogP contribution in [0.3, 0.4) is 0 Å². The van der Waals surface area contributed by atoms with E-state index >= 15 is 0 Å². The Labute approximate surface area is 147 Å². The van der Waals surface area contributed by atoms with Gasteiger partial charge in [-0.3, -0.25) is 0 Å². The fourth-order valence-electron chi connectivity index (χ4n) is 2.59. The zero-order valence-electron chi connectivity index (χ0n) is 14.1. The predicted molar refractivity (Wildman–Crippen MR) is 94.7 cm³/mol. The molecule has 0 saturated heterocycles. The first-order valence-electron chi connectivity index (χ1n) is 8.31. The summed E-state index contributed by atoms with van der Waals surface area (Å²) in [5.41, 5.74) is 2.14. The molecule has 7 nitrogen and oxygen atoms in total. The third-order valence-corrected chi connectivity index (χ3v) is 5.37. The number of aryl methyl sites for hydroxylation is 2. The molecular formula is C17H21N5O2S. The van der Waals surface area contributed by atoms with Crippen molar-refractivity contribution in [3.05, 3.63) is 54.1 Å². The fraction of sp³-hybridized carbons (Fsp3) is 0.353. The quantitative estimate of drug-likeness (QED) is 0.621. The maximum absolute atomic E-state index is 12.3. The van der Waals surface area contributed by atoms with Gasteiger partial charge in [-0.2, -0.15) is 10.1 Å². The summed E-state index contributed by atoms with van der Waals surface area (Å²) in [7, 11) is -3.47. The lowest BCUT2D eigenvalue weighted by molar-refractivity contribution is 0.579. The van der Waals surface area contributed by atoms with Gasteiger partial charge >= 0.3 is 0 Å². The average Bonchev–Trinajstić information content (AvgIpc) is 3.07. The minimum atomic E-state index is -3.47. The van der Waals surface area contributed by atoms with Gasteiger partial charge in [-0.1, -0.05) is 25.5 Å². The van der Waals surface area contributed by atoms with Crippen molar-refractivity contribution < 1.29 is 8.42 Å². The van der Waals surface area contributed by atoms with Crippen LogP contribution in [-0.2, 0) is 22.9 Å². The highest BCUT2D eigenvalue weighted by atomic mass is 32.2. The molecule has 0 unspecified atom stereocenters. The van der Waals surface area contributed by atoms with Crippen molar-refractivity contribution in [1.82, 2.24) is 24.3 Å². The highest BCUT2D eigenvalue weighted by molar-refractivity contribution is 7.89. The number of sulfonamides is 1. The zero-order chi connectivity index (χ0) is 17.7. The van der Waals surface area contributed by atoms with Crippen LogP contribution in [0.2, 0.25) is 0 Å². The molecular weight excluding hydrogens is 338 g/mol. The van der Waals surface area contributed by atoms with Gasteiger partial charge in [0, 0.05) is 18.9 Å². The molecule has 0 atom stereocenters. The summed E-state index contributed by atoms with van der Waals surface area (Å²) in [5, 5.41) is 4.04. The first kappa shape index (κ1) is 17.5. The van der Waals surface area contributed by atoms with E-state index in [9.17, 15) is 8.42 Å². The van der Waals surface area contributed by atoms with E-state index in [-0.39, 0.29) is 0 Å². The van der Waals surface area contributed by atoms with Crippen LogP contribution in [0, 0.1) is 0 Å². The van der Waals surface area contributed by atoms with Gasteiger partial charge in [-0.15, -0.1) is 0 Å². The number of nitrogens with zero attached hydrogens (tertiary/aromatic N) is 4. The van der Waals surface area contributed by atoms with E-state index in [1.165, 1.54) is 6.33 Å². The number of aromatic nitrogens is 4. The van der Waals surface area contributed by atoms with Crippen LogP contribution in [0.25, 0.3) is 5.78 Å². The second-order valence-electron chi connectivity index (χ2n) is 5.86. The highest BCUT2D eigenvalue weighted by Crippen LogP contribution is 2.12. The standard InChI is InChI=1S/C17H21N5O2S/c1-2-4-14-6-8-16(9-7-14)25(23,24)21-10-3-5-15-11-18-17-19-13-20-22(17)12-15/h6-9,11-13,21H,2-5,10H2,1H3. The molecule has 25 heavy (non-hydrogen) atoms. The Morgan fingerprint density at radius 2 is 1.88 bits per heavy atom.